The van der Waals surface area contributed by atoms with E-state index in [4.69, 9.17) is 0 Å². The van der Waals surface area contributed by atoms with E-state index < -0.39 is 11.9 Å². The Morgan fingerprint density at radius 2 is 1.79 bits per heavy atom. The molecule has 1 aromatic carbocycles. The van der Waals surface area contributed by atoms with Crippen LogP contribution in [0.2, 0.25) is 0 Å². The highest BCUT2D eigenvalue weighted by molar-refractivity contribution is 6.31. The van der Waals surface area contributed by atoms with Gasteiger partial charge in [-0.15, -0.1) is 12.4 Å². The van der Waals surface area contributed by atoms with Crippen molar-refractivity contribution in [3.05, 3.63) is 35.9 Å². The summed E-state index contributed by atoms with van der Waals surface area (Å²) in [6.45, 7) is 0.0720. The molecule has 0 aromatic heterocycles. The molecule has 0 radical (unpaired) electrons. The molecule has 4 nitrogen and oxygen atoms in total. The molecule has 0 aliphatic carbocycles. The first-order chi connectivity index (χ1) is 6.20. The Labute approximate surface area is 87.5 Å². The molecule has 0 atom stereocenters. The van der Waals surface area contributed by atoms with Crippen LogP contribution < -0.4 is 5.73 Å². The molecule has 0 saturated heterocycles. The van der Waals surface area contributed by atoms with Gasteiger partial charge in [-0.1, -0.05) is 30.3 Å². The molecule has 1 rings (SSSR count). The largest absolute Gasteiger partial charge is 0.454 e. The normalized spacial score (nSPS) is 8.57. The summed E-state index contributed by atoms with van der Waals surface area (Å²) in [5, 5.41) is 0. The van der Waals surface area contributed by atoms with Gasteiger partial charge in [0.1, 0.15) is 6.61 Å². The van der Waals surface area contributed by atoms with Crippen LogP contribution in [0.15, 0.2) is 30.3 Å². The monoisotopic (exact) mass is 215 g/mol. The van der Waals surface area contributed by atoms with Gasteiger partial charge in [0.25, 0.3) is 0 Å². The van der Waals surface area contributed by atoms with Crippen molar-refractivity contribution in [2.24, 2.45) is 5.73 Å². The molecule has 1 amide bonds. The molecule has 0 fully saturated rings. The Balaban J connectivity index is 0.00000169. The summed E-state index contributed by atoms with van der Waals surface area (Å²) < 4.78 is 4.58. The first-order valence-corrected chi connectivity index (χ1v) is 3.70. The first-order valence-electron chi connectivity index (χ1n) is 3.70. The van der Waals surface area contributed by atoms with E-state index in [0.29, 0.717) is 0 Å². The fraction of sp³-hybridized carbons (Fsp3) is 0.111. The molecule has 76 valence electrons. The summed E-state index contributed by atoms with van der Waals surface area (Å²) in [6, 6.07) is 9.04. The second-order valence-corrected chi connectivity index (χ2v) is 2.43. The lowest BCUT2D eigenvalue weighted by Gasteiger charge is -2.00. The average Bonchev–Trinajstić information content (AvgIpc) is 2.15. The minimum Gasteiger partial charge on any atom is -0.454 e. The molecule has 0 spiro atoms. The van der Waals surface area contributed by atoms with E-state index in [0.717, 1.165) is 5.56 Å². The SMILES string of the molecule is Cl.NC(=O)C(=O)OCc1ccccc1. The van der Waals surface area contributed by atoms with Gasteiger partial charge >= 0.3 is 11.9 Å². The van der Waals surface area contributed by atoms with Gasteiger partial charge in [-0.05, 0) is 5.56 Å². The Morgan fingerprint density at radius 1 is 1.21 bits per heavy atom. The summed E-state index contributed by atoms with van der Waals surface area (Å²) in [7, 11) is 0. The van der Waals surface area contributed by atoms with Crippen LogP contribution in [0.3, 0.4) is 0 Å². The third kappa shape index (κ3) is 3.91. The van der Waals surface area contributed by atoms with Crippen LogP contribution in [0.4, 0.5) is 0 Å². The highest BCUT2D eigenvalue weighted by atomic mass is 35.5. The van der Waals surface area contributed by atoms with Crippen molar-refractivity contribution in [1.29, 1.82) is 0 Å². The van der Waals surface area contributed by atoms with Gasteiger partial charge in [0.2, 0.25) is 0 Å². The van der Waals surface area contributed by atoms with E-state index in [2.05, 4.69) is 10.5 Å². The standard InChI is InChI=1S/C9H9NO3.ClH/c10-8(11)9(12)13-6-7-4-2-1-3-5-7;/h1-5H,6H2,(H2,10,11);1H. The molecule has 0 unspecified atom stereocenters. The van der Waals surface area contributed by atoms with Crippen molar-refractivity contribution in [2.45, 2.75) is 6.61 Å². The Morgan fingerprint density at radius 3 is 2.29 bits per heavy atom. The van der Waals surface area contributed by atoms with Gasteiger partial charge in [-0.25, -0.2) is 4.79 Å². The van der Waals surface area contributed by atoms with Gasteiger partial charge in [0.15, 0.2) is 0 Å². The number of carbonyl (C=O) groups excluding carboxylic acids is 2. The number of halogens is 1. The maximum Gasteiger partial charge on any atom is 0.396 e. The summed E-state index contributed by atoms with van der Waals surface area (Å²) in [5.41, 5.74) is 5.50. The molecule has 1 aromatic rings. The quantitative estimate of drug-likeness (QED) is 0.581. The number of amides is 1. The maximum absolute atomic E-state index is 10.6. The van der Waals surface area contributed by atoms with Crippen molar-refractivity contribution >= 4 is 24.3 Å². The minimum absolute atomic E-state index is 0. The first kappa shape index (κ1) is 12.4. The van der Waals surface area contributed by atoms with Crippen LogP contribution in [0.1, 0.15) is 5.56 Å². The summed E-state index contributed by atoms with van der Waals surface area (Å²) in [6.07, 6.45) is 0. The van der Waals surface area contributed by atoms with E-state index in [-0.39, 0.29) is 19.0 Å². The maximum atomic E-state index is 10.6. The summed E-state index contributed by atoms with van der Waals surface area (Å²) >= 11 is 0. The molecule has 14 heavy (non-hydrogen) atoms. The third-order valence-electron chi connectivity index (χ3n) is 1.41. The molecular weight excluding hydrogens is 206 g/mol. The number of hydrogen-bond acceptors (Lipinski definition) is 3. The van der Waals surface area contributed by atoms with E-state index in [1.54, 1.807) is 12.1 Å². The van der Waals surface area contributed by atoms with Gasteiger partial charge < -0.3 is 10.5 Å². The average molecular weight is 216 g/mol. The highest BCUT2D eigenvalue weighted by Gasteiger charge is 2.09. The second-order valence-electron chi connectivity index (χ2n) is 2.43. The lowest BCUT2D eigenvalue weighted by atomic mass is 10.2. The highest BCUT2D eigenvalue weighted by Crippen LogP contribution is 2.00. The number of carbonyl (C=O) groups is 2. The molecule has 0 aliphatic rings. The lowest BCUT2D eigenvalue weighted by Crippen LogP contribution is -2.25. The fourth-order valence-electron chi connectivity index (χ4n) is 0.794. The van der Waals surface area contributed by atoms with Crippen molar-refractivity contribution in [2.75, 3.05) is 0 Å². The summed E-state index contributed by atoms with van der Waals surface area (Å²) in [5.74, 6) is -2.08. The smallest absolute Gasteiger partial charge is 0.396 e. The van der Waals surface area contributed by atoms with Crippen LogP contribution >= 0.6 is 12.4 Å². The van der Waals surface area contributed by atoms with Crippen molar-refractivity contribution in [3.8, 4) is 0 Å². The topological polar surface area (TPSA) is 69.4 Å². The van der Waals surface area contributed by atoms with E-state index in [1.807, 2.05) is 18.2 Å². The number of primary amides is 1. The van der Waals surface area contributed by atoms with Crippen LogP contribution in [-0.2, 0) is 20.9 Å². The van der Waals surface area contributed by atoms with Crippen LogP contribution in [0.5, 0.6) is 0 Å². The van der Waals surface area contributed by atoms with E-state index in [9.17, 15) is 9.59 Å². The number of esters is 1. The number of rotatable bonds is 2. The molecular formula is C9H10ClNO3. The molecule has 0 aliphatic heterocycles. The Kier molecular flexibility index (Phi) is 5.33. The van der Waals surface area contributed by atoms with Gasteiger partial charge in [-0.3, -0.25) is 4.79 Å². The van der Waals surface area contributed by atoms with Gasteiger partial charge in [0, 0.05) is 0 Å². The van der Waals surface area contributed by atoms with Crippen molar-refractivity contribution in [1.82, 2.24) is 0 Å². The van der Waals surface area contributed by atoms with Crippen molar-refractivity contribution in [3.63, 3.8) is 0 Å². The lowest BCUT2D eigenvalue weighted by molar-refractivity contribution is -0.154. The predicted molar refractivity (Wildman–Crippen MR) is 52.7 cm³/mol. The van der Waals surface area contributed by atoms with Crippen LogP contribution in [0.25, 0.3) is 0 Å². The molecule has 2 N–H and O–H groups in total. The van der Waals surface area contributed by atoms with E-state index in [1.165, 1.54) is 0 Å². The fourth-order valence-corrected chi connectivity index (χ4v) is 0.794. The zero-order valence-electron chi connectivity index (χ0n) is 7.30. The minimum atomic E-state index is -1.07. The Bertz CT molecular complexity index is 313. The molecule has 5 heteroatoms. The van der Waals surface area contributed by atoms with Gasteiger partial charge in [0.05, 0.1) is 0 Å². The van der Waals surface area contributed by atoms with Gasteiger partial charge in [-0.2, -0.15) is 0 Å². The molecule has 0 saturated carbocycles. The predicted octanol–water partition coefficient (Wildman–Crippen LogP) is 0.637. The summed E-state index contributed by atoms with van der Waals surface area (Å²) in [4.78, 5) is 20.9. The number of hydrogen-bond donors (Lipinski definition) is 1. The number of nitrogens with two attached hydrogens (primary N) is 1. The van der Waals surface area contributed by atoms with Crippen LogP contribution in [0, 0.1) is 0 Å². The van der Waals surface area contributed by atoms with Crippen LogP contribution in [-0.4, -0.2) is 11.9 Å². The number of ether oxygens (including phenoxy) is 1. The third-order valence-corrected chi connectivity index (χ3v) is 1.41. The van der Waals surface area contributed by atoms with Crippen molar-refractivity contribution < 1.29 is 14.3 Å². The number of benzene rings is 1. The zero-order chi connectivity index (χ0) is 9.68. The molecule has 0 heterocycles. The second kappa shape index (κ2) is 5.99. The van der Waals surface area contributed by atoms with E-state index >= 15 is 0 Å². The molecule has 0 bridgehead atoms. The Hall–Kier alpha value is -1.55. The zero-order valence-corrected chi connectivity index (χ0v) is 8.12.